The molecule has 0 aromatic carbocycles. The molecule has 59 valence electrons. The third-order valence-corrected chi connectivity index (χ3v) is 7.23. The van der Waals surface area contributed by atoms with Crippen molar-refractivity contribution in [2.45, 2.75) is 34.6 Å². The van der Waals surface area contributed by atoms with Crippen LogP contribution in [0.1, 0.15) is 34.6 Å². The molecule has 1 rings (SSSR count). The molecule has 0 bridgehead atoms. The van der Waals surface area contributed by atoms with Gasteiger partial charge in [-0.25, -0.2) is 0 Å². The third kappa shape index (κ3) is 1.27. The molecule has 0 nitrogen and oxygen atoms in total. The van der Waals surface area contributed by atoms with Crippen LogP contribution in [0.2, 0.25) is 0 Å². The first-order valence-electron chi connectivity index (χ1n) is 4.00. The normalized spacial score (nSPS) is 23.5. The maximum atomic E-state index is 2.35. The van der Waals surface area contributed by atoms with Crippen LogP contribution < -0.4 is 0 Å². The molecule has 0 heterocycles. The fraction of sp³-hybridized carbons (Fsp3) is 0.600. The Hall–Kier alpha value is 0.532. The summed E-state index contributed by atoms with van der Waals surface area (Å²) in [4.78, 5) is 0. The molecule has 0 aromatic heterocycles. The third-order valence-electron chi connectivity index (χ3n) is 3.06. The summed E-state index contributed by atoms with van der Waals surface area (Å²) in [5.74, 6) is 0. The Morgan fingerprint density at radius 3 is 1.55 bits per heavy atom. The molecule has 1 aliphatic rings. The van der Waals surface area contributed by atoms with Gasteiger partial charge in [-0.1, -0.05) is 0 Å². The van der Waals surface area contributed by atoms with Gasteiger partial charge in [-0.3, -0.25) is 0 Å². The first-order valence-corrected chi connectivity index (χ1v) is 6.08. The summed E-state index contributed by atoms with van der Waals surface area (Å²) in [5.41, 5.74) is 5.07. The molecule has 0 N–H and O–H groups in total. The van der Waals surface area contributed by atoms with Crippen molar-refractivity contribution in [3.8, 4) is 0 Å². The first-order chi connectivity index (χ1) is 4.89. The van der Waals surface area contributed by atoms with E-state index in [-0.39, 0.29) is 0 Å². The standard InChI is InChI=1S/C10H15.U/c1-7-6-10(4,5)9(3)8(7)2;/h1-5H3;. The first kappa shape index (κ1) is 9.62. The van der Waals surface area contributed by atoms with Crippen LogP contribution in [-0.4, -0.2) is 0 Å². The van der Waals surface area contributed by atoms with E-state index in [1.165, 1.54) is 5.57 Å². The zero-order valence-corrected chi connectivity index (χ0v) is 12.2. The van der Waals surface area contributed by atoms with E-state index < -0.39 is 0 Å². The Balaban J connectivity index is 3.27. The molecule has 1 aliphatic carbocycles. The van der Waals surface area contributed by atoms with Gasteiger partial charge in [-0.05, 0) is 0 Å². The van der Waals surface area contributed by atoms with E-state index in [1.54, 1.807) is 13.8 Å². The fourth-order valence-corrected chi connectivity index (χ4v) is 3.16. The molecule has 0 saturated carbocycles. The van der Waals surface area contributed by atoms with Crippen molar-refractivity contribution in [1.29, 1.82) is 0 Å². The van der Waals surface area contributed by atoms with Crippen molar-refractivity contribution in [3.05, 3.63) is 19.3 Å². The minimum absolute atomic E-state index is 0.388. The predicted octanol–water partition coefficient (Wildman–Crippen LogP) is 3.19. The second-order valence-corrected chi connectivity index (χ2v) is 5.96. The van der Waals surface area contributed by atoms with Crippen LogP contribution in [0.25, 0.3) is 0 Å². The summed E-state index contributed by atoms with van der Waals surface area (Å²) in [6, 6.07) is 0. The predicted molar refractivity (Wildman–Crippen MR) is 44.9 cm³/mol. The Morgan fingerprint density at radius 2 is 1.45 bits per heavy atom. The van der Waals surface area contributed by atoms with Crippen molar-refractivity contribution in [2.24, 2.45) is 5.41 Å². The van der Waals surface area contributed by atoms with Gasteiger partial charge in [0.25, 0.3) is 0 Å². The Morgan fingerprint density at radius 1 is 1.00 bits per heavy atom. The van der Waals surface area contributed by atoms with Gasteiger partial charge in [0.2, 0.25) is 0 Å². The van der Waals surface area contributed by atoms with Crippen LogP contribution in [0.5, 0.6) is 0 Å². The van der Waals surface area contributed by atoms with E-state index in [9.17, 15) is 0 Å². The summed E-state index contributed by atoms with van der Waals surface area (Å²) < 4.78 is 1.70. The van der Waals surface area contributed by atoms with Gasteiger partial charge in [-0.15, -0.1) is 0 Å². The van der Waals surface area contributed by atoms with Crippen molar-refractivity contribution in [1.82, 2.24) is 0 Å². The molecule has 0 unspecified atom stereocenters. The average molecular weight is 373 g/mol. The van der Waals surface area contributed by atoms with Crippen LogP contribution in [0.3, 0.4) is 0 Å². The summed E-state index contributed by atoms with van der Waals surface area (Å²) in [7, 11) is 0. The minimum atomic E-state index is 0.388. The number of hydrogen-bond acceptors (Lipinski definition) is 0. The van der Waals surface area contributed by atoms with Crippen LogP contribution in [-0.2, 0) is 0 Å². The molecule has 0 radical (unpaired) electrons. The van der Waals surface area contributed by atoms with Gasteiger partial charge in [0.05, 0.1) is 0 Å². The molecule has 0 fully saturated rings. The van der Waals surface area contributed by atoms with E-state index in [0.29, 0.717) is 5.41 Å². The van der Waals surface area contributed by atoms with Crippen molar-refractivity contribution in [3.63, 3.8) is 0 Å². The van der Waals surface area contributed by atoms with E-state index >= 15 is 0 Å². The van der Waals surface area contributed by atoms with Crippen molar-refractivity contribution < 1.29 is 29.4 Å². The zero-order chi connectivity index (χ0) is 8.81. The number of rotatable bonds is 0. The summed E-state index contributed by atoms with van der Waals surface area (Å²) in [5, 5.41) is 0. The van der Waals surface area contributed by atoms with E-state index in [2.05, 4.69) is 34.6 Å². The topological polar surface area (TPSA) is 0 Å². The summed E-state index contributed by atoms with van der Waals surface area (Å²) in [6.07, 6.45) is 0. The second kappa shape index (κ2) is 2.79. The molecule has 11 heavy (non-hydrogen) atoms. The van der Waals surface area contributed by atoms with Gasteiger partial charge in [-0.2, -0.15) is 0 Å². The Kier molecular flexibility index (Phi) is 2.44. The monoisotopic (exact) mass is 373 g/mol. The van der Waals surface area contributed by atoms with Gasteiger partial charge >= 0.3 is 88.8 Å². The molecule has 0 spiro atoms. The Bertz CT molecular complexity index is 228. The van der Waals surface area contributed by atoms with Gasteiger partial charge in [0.1, 0.15) is 0 Å². The van der Waals surface area contributed by atoms with Crippen LogP contribution in [0, 0.1) is 34.8 Å². The van der Waals surface area contributed by atoms with Gasteiger partial charge in [0.15, 0.2) is 0 Å². The molecule has 0 saturated heterocycles. The molecule has 0 atom stereocenters. The molecule has 0 aromatic rings. The zero-order valence-electron chi connectivity index (χ0n) is 8.00. The maximum absolute atomic E-state index is 2.35. The van der Waals surface area contributed by atoms with Gasteiger partial charge < -0.3 is 0 Å². The SMILES string of the molecule is CC1=C(C)C(C)(C)[C]([U])=C1C. The number of hydrogen-bond donors (Lipinski definition) is 0. The molecular formula is C10H15U. The van der Waals surface area contributed by atoms with Gasteiger partial charge in [0, 0.05) is 0 Å². The van der Waals surface area contributed by atoms with Crippen LogP contribution in [0.15, 0.2) is 19.3 Å². The second-order valence-electron chi connectivity index (χ2n) is 3.88. The molecule has 0 aliphatic heterocycles. The molecule has 0 amide bonds. The summed E-state index contributed by atoms with van der Waals surface area (Å²) >= 11 is 0.990. The summed E-state index contributed by atoms with van der Waals surface area (Å²) in [6.45, 7) is 11.5. The average Bonchev–Trinajstić information content (AvgIpc) is 2.06. The van der Waals surface area contributed by atoms with E-state index in [4.69, 9.17) is 0 Å². The Labute approximate surface area is 88.4 Å². The van der Waals surface area contributed by atoms with Crippen molar-refractivity contribution >= 4 is 0 Å². The fourth-order valence-electron chi connectivity index (χ4n) is 1.59. The number of allylic oxidation sites excluding steroid dienone is 4. The van der Waals surface area contributed by atoms with Crippen molar-refractivity contribution in [2.75, 3.05) is 0 Å². The molecule has 1 heteroatoms. The van der Waals surface area contributed by atoms with E-state index in [1.807, 2.05) is 0 Å². The molecular weight excluding hydrogens is 358 g/mol. The van der Waals surface area contributed by atoms with E-state index in [0.717, 1.165) is 29.4 Å². The van der Waals surface area contributed by atoms with Crippen LogP contribution in [0.4, 0.5) is 0 Å². The van der Waals surface area contributed by atoms with Crippen LogP contribution >= 0.6 is 0 Å². The quantitative estimate of drug-likeness (QED) is 0.612.